The molecule has 0 unspecified atom stereocenters. The maximum atomic E-state index is 13.8. The fraction of sp³-hybridized carbons (Fsp3) is 0.133. The second-order valence-electron chi connectivity index (χ2n) is 4.68. The van der Waals surface area contributed by atoms with E-state index in [4.69, 9.17) is 5.73 Å². The van der Waals surface area contributed by atoms with Crippen LogP contribution in [0.3, 0.4) is 0 Å². The Morgan fingerprint density at radius 1 is 1.30 bits per heavy atom. The molecule has 1 aliphatic heterocycles. The van der Waals surface area contributed by atoms with Crippen LogP contribution in [0.4, 0.5) is 15.8 Å². The molecule has 0 radical (unpaired) electrons. The van der Waals surface area contributed by atoms with Crippen molar-refractivity contribution in [3.63, 3.8) is 0 Å². The molecule has 0 fully saturated rings. The third-order valence-corrected chi connectivity index (χ3v) is 3.96. The molecule has 0 aliphatic carbocycles. The number of nitrogens with two attached hydrogens (primary N) is 1. The molecule has 102 valence electrons. The zero-order chi connectivity index (χ0) is 14.3. The van der Waals surface area contributed by atoms with Gasteiger partial charge >= 0.3 is 0 Å². The van der Waals surface area contributed by atoms with E-state index in [9.17, 15) is 9.18 Å². The highest BCUT2D eigenvalue weighted by atomic mass is 79.9. The normalized spacial score (nSPS) is 13.4. The van der Waals surface area contributed by atoms with Crippen molar-refractivity contribution in [1.29, 1.82) is 0 Å². The number of anilines is 2. The number of nitrogens with zero attached hydrogens (tertiary/aromatic N) is 1. The van der Waals surface area contributed by atoms with Crippen LogP contribution in [-0.4, -0.2) is 12.5 Å². The number of benzene rings is 2. The maximum Gasteiger partial charge on any atom is 0.261 e. The van der Waals surface area contributed by atoms with E-state index in [1.54, 1.807) is 17.0 Å². The lowest BCUT2D eigenvalue weighted by Gasteiger charge is -2.18. The fourth-order valence-corrected chi connectivity index (χ4v) is 2.84. The van der Waals surface area contributed by atoms with Crippen molar-refractivity contribution < 1.29 is 9.18 Å². The van der Waals surface area contributed by atoms with Crippen molar-refractivity contribution in [2.45, 2.75) is 6.42 Å². The average molecular weight is 335 g/mol. The number of hydrogen-bond donors (Lipinski definition) is 1. The number of halogens is 2. The Balaban J connectivity index is 2.02. The maximum absolute atomic E-state index is 13.8. The highest BCUT2D eigenvalue weighted by Crippen LogP contribution is 2.33. The molecular formula is C15H12BrFN2O. The summed E-state index contributed by atoms with van der Waals surface area (Å²) in [5.41, 5.74) is 8.37. The topological polar surface area (TPSA) is 46.3 Å². The van der Waals surface area contributed by atoms with E-state index >= 15 is 0 Å². The molecule has 2 aromatic rings. The lowest BCUT2D eigenvalue weighted by molar-refractivity contribution is 0.0985. The molecule has 3 nitrogen and oxygen atoms in total. The molecule has 0 saturated carbocycles. The third-order valence-electron chi connectivity index (χ3n) is 3.47. The quantitative estimate of drug-likeness (QED) is 0.812. The summed E-state index contributed by atoms with van der Waals surface area (Å²) in [5.74, 6) is -0.858. The molecule has 1 amide bonds. The largest absolute Gasteiger partial charge is 0.398 e. The van der Waals surface area contributed by atoms with Crippen molar-refractivity contribution in [2.75, 3.05) is 17.2 Å². The van der Waals surface area contributed by atoms with Crippen molar-refractivity contribution in [2.24, 2.45) is 0 Å². The average Bonchev–Trinajstić information content (AvgIpc) is 2.86. The second-order valence-corrected chi connectivity index (χ2v) is 5.59. The van der Waals surface area contributed by atoms with Gasteiger partial charge in [-0.3, -0.25) is 4.79 Å². The minimum atomic E-state index is -0.518. The summed E-state index contributed by atoms with van der Waals surface area (Å²) in [5, 5.41) is 0. The van der Waals surface area contributed by atoms with Gasteiger partial charge in [-0.15, -0.1) is 0 Å². The van der Waals surface area contributed by atoms with Crippen LogP contribution in [0.2, 0.25) is 0 Å². The molecule has 3 rings (SSSR count). The molecule has 0 aromatic heterocycles. The van der Waals surface area contributed by atoms with Crippen LogP contribution in [0, 0.1) is 5.82 Å². The molecule has 0 bridgehead atoms. The highest BCUT2D eigenvalue weighted by molar-refractivity contribution is 9.10. The highest BCUT2D eigenvalue weighted by Gasteiger charge is 2.28. The molecule has 1 aliphatic rings. The van der Waals surface area contributed by atoms with Gasteiger partial charge in [0.2, 0.25) is 0 Å². The van der Waals surface area contributed by atoms with Gasteiger partial charge in [-0.05, 0) is 36.8 Å². The first-order chi connectivity index (χ1) is 9.58. The first-order valence-electron chi connectivity index (χ1n) is 6.22. The molecule has 20 heavy (non-hydrogen) atoms. The molecule has 0 saturated heterocycles. The molecular weight excluding hydrogens is 323 g/mol. The Morgan fingerprint density at radius 3 is 2.90 bits per heavy atom. The minimum absolute atomic E-state index is 0.0645. The van der Waals surface area contributed by atoms with Gasteiger partial charge in [0.1, 0.15) is 5.82 Å². The predicted molar refractivity (Wildman–Crippen MR) is 80.3 cm³/mol. The molecule has 1 heterocycles. The lowest BCUT2D eigenvalue weighted by atomic mass is 10.1. The van der Waals surface area contributed by atoms with Gasteiger partial charge in [0.05, 0.1) is 5.56 Å². The third kappa shape index (κ3) is 2.08. The van der Waals surface area contributed by atoms with Crippen molar-refractivity contribution in [1.82, 2.24) is 0 Å². The number of hydrogen-bond acceptors (Lipinski definition) is 2. The molecule has 0 atom stereocenters. The van der Waals surface area contributed by atoms with Crippen LogP contribution >= 0.6 is 15.9 Å². The number of fused-ring (bicyclic) bond motifs is 1. The Labute approximate surface area is 124 Å². The fourth-order valence-electron chi connectivity index (χ4n) is 2.48. The van der Waals surface area contributed by atoms with E-state index in [1.807, 2.05) is 12.1 Å². The Hall–Kier alpha value is -1.88. The summed E-state index contributed by atoms with van der Waals surface area (Å²) in [7, 11) is 0. The van der Waals surface area contributed by atoms with Crippen LogP contribution < -0.4 is 10.6 Å². The first-order valence-corrected chi connectivity index (χ1v) is 7.01. The summed E-state index contributed by atoms with van der Waals surface area (Å²) in [6, 6.07) is 9.81. The summed E-state index contributed by atoms with van der Waals surface area (Å²) < 4.78 is 14.5. The first kappa shape index (κ1) is 13.1. The van der Waals surface area contributed by atoms with E-state index in [2.05, 4.69) is 15.9 Å². The lowest BCUT2D eigenvalue weighted by Crippen LogP contribution is -2.29. The molecule has 0 spiro atoms. The van der Waals surface area contributed by atoms with Crippen LogP contribution in [-0.2, 0) is 6.42 Å². The van der Waals surface area contributed by atoms with Crippen LogP contribution in [0.15, 0.2) is 40.9 Å². The standard InChI is InChI=1S/C15H12BrFN2O/c16-9-4-5-12(17)11(8-9)15(20)19-7-6-10-13(18)2-1-3-14(10)19/h1-5,8H,6-7,18H2. The summed E-state index contributed by atoms with van der Waals surface area (Å²) in [4.78, 5) is 14.1. The number of amides is 1. The van der Waals surface area contributed by atoms with Crippen molar-refractivity contribution >= 4 is 33.2 Å². The molecule has 2 N–H and O–H groups in total. The Morgan fingerprint density at radius 2 is 2.10 bits per heavy atom. The zero-order valence-electron chi connectivity index (χ0n) is 10.6. The number of carbonyl (C=O) groups excluding carboxylic acids is 1. The predicted octanol–water partition coefficient (Wildman–Crippen LogP) is 3.37. The molecule has 2 aromatic carbocycles. The monoisotopic (exact) mass is 334 g/mol. The van der Waals surface area contributed by atoms with Gasteiger partial charge in [-0.1, -0.05) is 22.0 Å². The van der Waals surface area contributed by atoms with Gasteiger partial charge in [0.25, 0.3) is 5.91 Å². The zero-order valence-corrected chi connectivity index (χ0v) is 12.2. The summed E-state index contributed by atoms with van der Waals surface area (Å²) >= 11 is 3.26. The van der Waals surface area contributed by atoms with Crippen LogP contribution in [0.5, 0.6) is 0 Å². The van der Waals surface area contributed by atoms with E-state index < -0.39 is 5.82 Å². The number of carbonyl (C=O) groups is 1. The van der Waals surface area contributed by atoms with Gasteiger partial charge < -0.3 is 10.6 Å². The van der Waals surface area contributed by atoms with Crippen molar-refractivity contribution in [3.8, 4) is 0 Å². The summed E-state index contributed by atoms with van der Waals surface area (Å²) in [6.45, 7) is 0.522. The van der Waals surface area contributed by atoms with Gasteiger partial charge in [-0.25, -0.2) is 4.39 Å². The second kappa shape index (κ2) is 4.90. The molecule has 5 heteroatoms. The van der Waals surface area contributed by atoms with E-state index in [1.165, 1.54) is 12.1 Å². The number of nitrogen functional groups attached to an aromatic ring is 1. The minimum Gasteiger partial charge on any atom is -0.398 e. The van der Waals surface area contributed by atoms with Gasteiger partial charge in [0, 0.05) is 28.0 Å². The van der Waals surface area contributed by atoms with Crippen LogP contribution in [0.1, 0.15) is 15.9 Å². The Kier molecular flexibility index (Phi) is 3.22. The van der Waals surface area contributed by atoms with Gasteiger partial charge in [-0.2, -0.15) is 0 Å². The van der Waals surface area contributed by atoms with Crippen molar-refractivity contribution in [3.05, 3.63) is 57.8 Å². The van der Waals surface area contributed by atoms with E-state index in [0.29, 0.717) is 23.1 Å². The SMILES string of the molecule is Nc1cccc2c1CCN2C(=O)c1cc(Br)ccc1F. The van der Waals surface area contributed by atoms with E-state index in [0.717, 1.165) is 11.3 Å². The number of rotatable bonds is 1. The van der Waals surface area contributed by atoms with E-state index in [-0.39, 0.29) is 11.5 Å². The van der Waals surface area contributed by atoms with Gasteiger partial charge in [0.15, 0.2) is 0 Å². The summed E-state index contributed by atoms with van der Waals surface area (Å²) in [6.07, 6.45) is 0.698. The smallest absolute Gasteiger partial charge is 0.261 e. The Bertz CT molecular complexity index is 702. The van der Waals surface area contributed by atoms with Crippen LogP contribution in [0.25, 0.3) is 0 Å².